The first kappa shape index (κ1) is 24.5. The van der Waals surface area contributed by atoms with Gasteiger partial charge in [-0.3, -0.25) is 9.98 Å². The third-order valence-electron chi connectivity index (χ3n) is 6.29. The van der Waals surface area contributed by atoms with E-state index in [1.54, 1.807) is 43.7 Å². The summed E-state index contributed by atoms with van der Waals surface area (Å²) in [5.41, 5.74) is 8.82. The van der Waals surface area contributed by atoms with Crippen LogP contribution >= 0.6 is 0 Å². The molecule has 10 heteroatoms. The smallest absolute Gasteiger partial charge is 0.156 e. The molecule has 37 heavy (non-hydrogen) atoms. The molecule has 1 aliphatic rings. The monoisotopic (exact) mass is 501 g/mol. The largest absolute Gasteiger partial charge is 0.488 e. The molecule has 2 atom stereocenters. The summed E-state index contributed by atoms with van der Waals surface area (Å²) in [6.07, 6.45) is 5.98. The van der Waals surface area contributed by atoms with Crippen molar-refractivity contribution in [2.75, 3.05) is 32.1 Å². The molecule has 5 rings (SSSR count). The SMILES string of the molecule is CN=C/C(=C\N)c1cc(O[C@H](C)[C@@H]2COCCN2)c2c(Nc3ccc4ncccc4c3F)ncnc2c1. The fourth-order valence-corrected chi connectivity index (χ4v) is 4.37. The highest BCUT2D eigenvalue weighted by Gasteiger charge is 2.24. The molecular weight excluding hydrogens is 473 g/mol. The van der Waals surface area contributed by atoms with Gasteiger partial charge in [0.05, 0.1) is 41.4 Å². The fourth-order valence-electron chi connectivity index (χ4n) is 4.37. The van der Waals surface area contributed by atoms with Gasteiger partial charge in [-0.05, 0) is 48.9 Å². The first-order valence-corrected chi connectivity index (χ1v) is 12.0. The van der Waals surface area contributed by atoms with Crippen LogP contribution in [0.3, 0.4) is 0 Å². The molecule has 2 aromatic heterocycles. The predicted molar refractivity (Wildman–Crippen MR) is 144 cm³/mol. The number of rotatable bonds is 7. The van der Waals surface area contributed by atoms with Gasteiger partial charge in [0.15, 0.2) is 5.82 Å². The van der Waals surface area contributed by atoms with Crippen molar-refractivity contribution in [3.63, 3.8) is 0 Å². The Kier molecular flexibility index (Phi) is 7.20. The van der Waals surface area contributed by atoms with Crippen molar-refractivity contribution in [3.8, 4) is 5.75 Å². The second-order valence-corrected chi connectivity index (χ2v) is 8.68. The zero-order chi connectivity index (χ0) is 25.8. The van der Waals surface area contributed by atoms with Crippen LogP contribution in [-0.2, 0) is 4.74 Å². The zero-order valence-electron chi connectivity index (χ0n) is 20.6. The Labute approximate surface area is 213 Å². The average Bonchev–Trinajstić information content (AvgIpc) is 2.93. The quantitative estimate of drug-likeness (QED) is 0.327. The van der Waals surface area contributed by atoms with E-state index in [-0.39, 0.29) is 17.8 Å². The molecule has 1 fully saturated rings. The van der Waals surface area contributed by atoms with Crippen LogP contribution in [0.2, 0.25) is 0 Å². The Morgan fingerprint density at radius 2 is 2.16 bits per heavy atom. The Morgan fingerprint density at radius 3 is 2.95 bits per heavy atom. The molecule has 0 spiro atoms. The number of anilines is 2. The molecule has 1 aliphatic heterocycles. The number of nitrogens with one attached hydrogen (secondary N) is 2. The predicted octanol–water partition coefficient (Wildman–Crippen LogP) is 3.82. The summed E-state index contributed by atoms with van der Waals surface area (Å²) >= 11 is 0. The molecule has 0 bridgehead atoms. The van der Waals surface area contributed by atoms with Crippen molar-refractivity contribution >= 4 is 45.1 Å². The number of ether oxygens (including phenoxy) is 2. The number of benzene rings is 2. The average molecular weight is 502 g/mol. The molecule has 4 aromatic rings. The summed E-state index contributed by atoms with van der Waals surface area (Å²) in [5.74, 6) is 0.527. The van der Waals surface area contributed by atoms with Crippen molar-refractivity contribution in [1.29, 1.82) is 0 Å². The molecule has 0 aliphatic carbocycles. The number of pyridine rings is 1. The maximum absolute atomic E-state index is 15.4. The van der Waals surface area contributed by atoms with E-state index in [0.717, 1.165) is 12.1 Å². The molecule has 190 valence electrons. The lowest BCUT2D eigenvalue weighted by Gasteiger charge is -2.30. The number of nitrogens with two attached hydrogens (primary N) is 1. The zero-order valence-corrected chi connectivity index (χ0v) is 20.6. The molecule has 2 aromatic carbocycles. The van der Waals surface area contributed by atoms with E-state index in [2.05, 4.69) is 30.6 Å². The number of fused-ring (bicyclic) bond motifs is 2. The van der Waals surface area contributed by atoms with Crippen LogP contribution in [0, 0.1) is 5.82 Å². The summed E-state index contributed by atoms with van der Waals surface area (Å²) in [6, 6.07) is 10.6. The normalized spacial score (nSPS) is 17.4. The highest BCUT2D eigenvalue weighted by Crippen LogP contribution is 2.36. The Balaban J connectivity index is 1.61. The fraction of sp³-hybridized carbons (Fsp3) is 0.259. The second kappa shape index (κ2) is 10.9. The molecule has 0 unspecified atom stereocenters. The van der Waals surface area contributed by atoms with Gasteiger partial charge in [0.1, 0.15) is 24.0 Å². The van der Waals surface area contributed by atoms with Gasteiger partial charge in [-0.25, -0.2) is 14.4 Å². The van der Waals surface area contributed by atoms with Gasteiger partial charge in [-0.15, -0.1) is 0 Å². The van der Waals surface area contributed by atoms with Gasteiger partial charge in [0.25, 0.3) is 0 Å². The molecule has 0 saturated carbocycles. The second-order valence-electron chi connectivity index (χ2n) is 8.68. The number of halogens is 1. The van der Waals surface area contributed by atoms with E-state index < -0.39 is 5.82 Å². The van der Waals surface area contributed by atoms with Crippen molar-refractivity contribution in [3.05, 3.63) is 66.5 Å². The minimum atomic E-state index is -0.416. The van der Waals surface area contributed by atoms with Gasteiger partial charge in [-0.1, -0.05) is 0 Å². The Morgan fingerprint density at radius 1 is 1.27 bits per heavy atom. The standard InChI is InChI=1S/C27H28FN7O2/c1-16(23-14-36-9-8-32-23)37-24-11-17(18(12-29)13-30-2)10-22-25(24)27(34-15-33-22)35-21-6-5-20-19(26(21)28)4-3-7-31-20/h3-7,10-13,15-16,23,32H,8-9,14,29H2,1-2H3,(H,33,34,35)/b18-12+,30-13?/t16-,23+/m1/s1. The number of hydrogen-bond donors (Lipinski definition) is 3. The van der Waals surface area contributed by atoms with Gasteiger partial charge >= 0.3 is 0 Å². The summed E-state index contributed by atoms with van der Waals surface area (Å²) in [6.45, 7) is 3.92. The first-order valence-electron chi connectivity index (χ1n) is 12.0. The summed E-state index contributed by atoms with van der Waals surface area (Å²) in [5, 5.41) is 7.61. The third kappa shape index (κ3) is 5.07. The van der Waals surface area contributed by atoms with Crippen LogP contribution < -0.4 is 21.1 Å². The van der Waals surface area contributed by atoms with Gasteiger partial charge in [-0.2, -0.15) is 0 Å². The number of nitrogens with zero attached hydrogens (tertiary/aromatic N) is 4. The maximum atomic E-state index is 15.4. The maximum Gasteiger partial charge on any atom is 0.156 e. The minimum Gasteiger partial charge on any atom is -0.488 e. The molecule has 0 radical (unpaired) electrons. The molecular formula is C27H28FN7O2. The van der Waals surface area contributed by atoms with Crippen molar-refractivity contribution < 1.29 is 13.9 Å². The highest BCUT2D eigenvalue weighted by atomic mass is 19.1. The lowest BCUT2D eigenvalue weighted by Crippen LogP contribution is -2.49. The lowest BCUT2D eigenvalue weighted by molar-refractivity contribution is 0.0341. The first-order chi connectivity index (χ1) is 18.1. The lowest BCUT2D eigenvalue weighted by atomic mass is 10.0. The van der Waals surface area contributed by atoms with Crippen LogP contribution in [0.5, 0.6) is 5.75 Å². The summed E-state index contributed by atoms with van der Waals surface area (Å²) in [4.78, 5) is 17.3. The van der Waals surface area contributed by atoms with Gasteiger partial charge in [0.2, 0.25) is 0 Å². The Hall–Kier alpha value is -4.15. The highest BCUT2D eigenvalue weighted by molar-refractivity contribution is 6.11. The van der Waals surface area contributed by atoms with Crippen LogP contribution in [0.1, 0.15) is 12.5 Å². The van der Waals surface area contributed by atoms with Crippen molar-refractivity contribution in [1.82, 2.24) is 20.3 Å². The Bertz CT molecular complexity index is 1480. The van der Waals surface area contributed by atoms with Crippen LogP contribution in [0.15, 0.2) is 60.1 Å². The van der Waals surface area contributed by atoms with E-state index >= 15 is 4.39 Å². The van der Waals surface area contributed by atoms with Crippen LogP contribution in [0.25, 0.3) is 27.4 Å². The van der Waals surface area contributed by atoms with Crippen molar-refractivity contribution in [2.45, 2.75) is 19.1 Å². The summed E-state index contributed by atoms with van der Waals surface area (Å²) in [7, 11) is 1.68. The number of morpholine rings is 1. The molecule has 1 saturated heterocycles. The van der Waals surface area contributed by atoms with Crippen LogP contribution in [0.4, 0.5) is 15.9 Å². The number of aromatic nitrogens is 3. The van der Waals surface area contributed by atoms with Gasteiger partial charge in [0, 0.05) is 43.2 Å². The van der Waals surface area contributed by atoms with Crippen LogP contribution in [-0.4, -0.2) is 60.1 Å². The van der Waals surface area contributed by atoms with E-state index in [9.17, 15) is 0 Å². The number of allylic oxidation sites excluding steroid dienone is 1. The topological polar surface area (TPSA) is 120 Å². The van der Waals surface area contributed by atoms with E-state index in [1.807, 2.05) is 19.1 Å². The minimum absolute atomic E-state index is 0.000605. The van der Waals surface area contributed by atoms with Gasteiger partial charge < -0.3 is 25.8 Å². The van der Waals surface area contributed by atoms with E-state index in [4.69, 9.17) is 15.2 Å². The van der Waals surface area contributed by atoms with E-state index in [1.165, 1.54) is 12.5 Å². The van der Waals surface area contributed by atoms with E-state index in [0.29, 0.717) is 52.2 Å². The van der Waals surface area contributed by atoms with Crippen molar-refractivity contribution in [2.24, 2.45) is 10.7 Å². The third-order valence-corrected chi connectivity index (χ3v) is 6.29. The summed E-state index contributed by atoms with van der Waals surface area (Å²) < 4.78 is 27.5. The number of hydrogen-bond acceptors (Lipinski definition) is 9. The molecule has 4 N–H and O–H groups in total. The molecule has 9 nitrogen and oxygen atoms in total. The number of aliphatic imine (C=N–C) groups is 1. The molecule has 0 amide bonds. The molecule has 3 heterocycles.